The molecule has 0 bridgehead atoms. The Morgan fingerprint density at radius 3 is 2.11 bits per heavy atom. The van der Waals surface area contributed by atoms with E-state index in [-0.39, 0.29) is 12.2 Å². The molecule has 53 heavy (non-hydrogen) atoms. The minimum Gasteiger partial charge on any atom is -0.490 e. The van der Waals surface area contributed by atoms with E-state index in [9.17, 15) is 9.59 Å². The lowest BCUT2D eigenvalue weighted by Gasteiger charge is -2.25. The molecule has 3 heterocycles. The van der Waals surface area contributed by atoms with E-state index in [0.717, 1.165) is 39.3 Å². The van der Waals surface area contributed by atoms with Crippen LogP contribution in [0.2, 0.25) is 0 Å². The van der Waals surface area contributed by atoms with Crippen molar-refractivity contribution in [1.29, 1.82) is 0 Å². The van der Waals surface area contributed by atoms with Crippen LogP contribution in [0, 0.1) is 6.92 Å². The van der Waals surface area contributed by atoms with E-state index in [1.54, 1.807) is 18.4 Å². The van der Waals surface area contributed by atoms with Gasteiger partial charge in [0.25, 0.3) is 5.56 Å². The number of benzene rings is 4. The molecule has 0 saturated heterocycles. The van der Waals surface area contributed by atoms with Gasteiger partial charge in [-0.1, -0.05) is 95.8 Å². The molecule has 1 aliphatic rings. The number of nitrogens with zero attached hydrogens (tertiary/aromatic N) is 3. The first-order valence-electron chi connectivity index (χ1n) is 17.9. The summed E-state index contributed by atoms with van der Waals surface area (Å²) in [7, 11) is 0. The number of carbonyl (C=O) groups is 1. The first-order valence-corrected chi connectivity index (χ1v) is 18.7. The molecule has 0 spiro atoms. The smallest absolute Gasteiger partial charge is 0.338 e. The van der Waals surface area contributed by atoms with Crippen LogP contribution in [-0.2, 0) is 9.53 Å². The van der Waals surface area contributed by atoms with Crippen LogP contribution in [0.4, 0.5) is 0 Å². The monoisotopic (exact) mass is 723 g/mol. The Kier molecular flexibility index (Phi) is 10.3. The van der Waals surface area contributed by atoms with Crippen molar-refractivity contribution >= 4 is 23.4 Å². The van der Waals surface area contributed by atoms with Crippen molar-refractivity contribution in [3.05, 3.63) is 157 Å². The average molecular weight is 724 g/mol. The molecule has 1 aliphatic heterocycles. The third-order valence-corrected chi connectivity index (χ3v) is 10.1. The minimum atomic E-state index is -0.798. The molecule has 1 atom stereocenters. The molecule has 0 amide bonds. The summed E-state index contributed by atoms with van der Waals surface area (Å²) in [5.74, 6) is 0.601. The summed E-state index contributed by atoms with van der Waals surface area (Å²) in [6.45, 7) is 10.5. The molecule has 268 valence electrons. The molecular formula is C44H41N3O5S. The summed E-state index contributed by atoms with van der Waals surface area (Å²) in [5.41, 5.74) is 8.25. The maximum Gasteiger partial charge on any atom is 0.338 e. The number of ether oxygens (including phenoxy) is 3. The summed E-state index contributed by atoms with van der Waals surface area (Å²) in [4.78, 5) is 33.7. The van der Waals surface area contributed by atoms with Gasteiger partial charge in [-0.05, 0) is 87.7 Å². The zero-order valence-electron chi connectivity index (χ0n) is 30.5. The molecule has 2 aromatic heterocycles. The molecule has 6 aromatic rings. The Labute approximate surface area is 312 Å². The van der Waals surface area contributed by atoms with Gasteiger partial charge in [0.2, 0.25) is 0 Å². The van der Waals surface area contributed by atoms with Gasteiger partial charge in [-0.15, -0.1) is 0 Å². The van der Waals surface area contributed by atoms with Crippen LogP contribution in [0.5, 0.6) is 11.5 Å². The number of hydrogen-bond donors (Lipinski definition) is 0. The second-order valence-electron chi connectivity index (χ2n) is 12.6. The number of hydrogen-bond acceptors (Lipinski definition) is 7. The van der Waals surface area contributed by atoms with Gasteiger partial charge in [0.15, 0.2) is 16.3 Å². The predicted octanol–water partition coefficient (Wildman–Crippen LogP) is 8.03. The number of esters is 1. The van der Waals surface area contributed by atoms with Crippen molar-refractivity contribution in [3.8, 4) is 39.7 Å². The Balaban J connectivity index is 1.49. The minimum absolute atomic E-state index is 0.185. The highest BCUT2D eigenvalue weighted by atomic mass is 32.1. The van der Waals surface area contributed by atoms with Crippen molar-refractivity contribution in [2.75, 3.05) is 19.8 Å². The van der Waals surface area contributed by atoms with E-state index in [4.69, 9.17) is 19.2 Å². The maximum atomic E-state index is 14.8. The molecule has 7 rings (SSSR count). The summed E-state index contributed by atoms with van der Waals surface area (Å²) >= 11 is 1.30. The van der Waals surface area contributed by atoms with Crippen molar-refractivity contribution in [2.45, 2.75) is 40.7 Å². The molecule has 8 nitrogen and oxygen atoms in total. The summed E-state index contributed by atoms with van der Waals surface area (Å²) < 4.78 is 21.7. The van der Waals surface area contributed by atoms with Crippen LogP contribution in [0.25, 0.3) is 34.3 Å². The van der Waals surface area contributed by atoms with Crippen LogP contribution >= 0.6 is 11.3 Å². The Hall–Kier alpha value is -5.93. The van der Waals surface area contributed by atoms with E-state index >= 15 is 0 Å². The third kappa shape index (κ3) is 6.88. The zero-order valence-corrected chi connectivity index (χ0v) is 31.3. The molecule has 4 aromatic carbocycles. The molecule has 0 aliphatic carbocycles. The molecule has 0 unspecified atom stereocenters. The summed E-state index contributed by atoms with van der Waals surface area (Å²) in [6.07, 6.45) is 1.95. The van der Waals surface area contributed by atoms with Crippen molar-refractivity contribution < 1.29 is 19.0 Å². The highest BCUT2D eigenvalue weighted by Gasteiger charge is 2.34. The van der Waals surface area contributed by atoms with Crippen LogP contribution in [0.3, 0.4) is 0 Å². The highest BCUT2D eigenvalue weighted by Crippen LogP contribution is 2.38. The normalized spacial score (nSPS) is 14.1. The molecule has 0 N–H and O–H groups in total. The first-order chi connectivity index (χ1) is 25.8. The highest BCUT2D eigenvalue weighted by molar-refractivity contribution is 7.07. The molecule has 0 saturated carbocycles. The quantitative estimate of drug-likeness (QED) is 0.127. The Morgan fingerprint density at radius 1 is 0.792 bits per heavy atom. The van der Waals surface area contributed by atoms with Gasteiger partial charge in [-0.25, -0.2) is 9.79 Å². The number of thiazole rings is 1. The average Bonchev–Trinajstić information content (AvgIpc) is 3.69. The van der Waals surface area contributed by atoms with E-state index in [2.05, 4.69) is 66.1 Å². The molecular weight excluding hydrogens is 683 g/mol. The maximum absolute atomic E-state index is 14.8. The molecule has 0 fully saturated rings. The van der Waals surface area contributed by atoms with E-state index in [0.29, 0.717) is 50.9 Å². The van der Waals surface area contributed by atoms with Crippen LogP contribution in [0.1, 0.15) is 50.4 Å². The Bertz CT molecular complexity index is 2490. The first kappa shape index (κ1) is 35.5. The van der Waals surface area contributed by atoms with Crippen LogP contribution in [-0.4, -0.2) is 34.9 Å². The lowest BCUT2D eigenvalue weighted by Crippen LogP contribution is -2.40. The second kappa shape index (κ2) is 15.4. The summed E-state index contributed by atoms with van der Waals surface area (Å²) in [6, 6.07) is 35.8. The number of aryl methyl sites for hydroxylation is 1. The number of fused-ring (bicyclic) bond motifs is 1. The van der Waals surface area contributed by atoms with Crippen LogP contribution < -0.4 is 24.4 Å². The fourth-order valence-corrected chi connectivity index (χ4v) is 7.84. The fourth-order valence-electron chi connectivity index (χ4n) is 6.80. The molecule has 0 radical (unpaired) electrons. The summed E-state index contributed by atoms with van der Waals surface area (Å²) in [5, 5.41) is 0. The van der Waals surface area contributed by atoms with Gasteiger partial charge in [-0.3, -0.25) is 9.36 Å². The number of rotatable bonds is 11. The topological polar surface area (TPSA) is 84.1 Å². The zero-order chi connectivity index (χ0) is 37.1. The standard InChI is InChI=1S/C44H41N3O5S/c1-6-50-36-24-21-32(26-37(36)51-7-2)41-39(43(49)52-8-3)29(5)45-44-47(41)42(48)38(53-44)27-33-25-35(30-15-11-9-12-16-30)46(34-22-19-28(4)20-23-34)40(33)31-17-13-10-14-18-31/h9-27,41H,6-8H2,1-5H3/b38-27-/t41-/m0/s1. The largest absolute Gasteiger partial charge is 0.490 e. The fraction of sp³-hybridized carbons (Fsp3) is 0.205. The van der Waals surface area contributed by atoms with E-state index in [1.165, 1.54) is 11.3 Å². The number of allylic oxidation sites excluding steroid dienone is 1. The lowest BCUT2D eigenvalue weighted by atomic mass is 9.95. The molecule has 9 heteroatoms. The van der Waals surface area contributed by atoms with Crippen molar-refractivity contribution in [1.82, 2.24) is 9.13 Å². The van der Waals surface area contributed by atoms with Gasteiger partial charge in [0.1, 0.15) is 0 Å². The second-order valence-corrected chi connectivity index (χ2v) is 13.6. The van der Waals surface area contributed by atoms with Crippen molar-refractivity contribution in [3.63, 3.8) is 0 Å². The number of carbonyl (C=O) groups excluding carboxylic acids is 1. The van der Waals surface area contributed by atoms with Gasteiger partial charge < -0.3 is 18.8 Å². The van der Waals surface area contributed by atoms with Crippen molar-refractivity contribution in [2.24, 2.45) is 4.99 Å². The third-order valence-electron chi connectivity index (χ3n) is 9.13. The predicted molar refractivity (Wildman–Crippen MR) is 211 cm³/mol. The lowest BCUT2D eigenvalue weighted by molar-refractivity contribution is -0.139. The van der Waals surface area contributed by atoms with E-state index < -0.39 is 12.0 Å². The van der Waals surface area contributed by atoms with Gasteiger partial charge in [-0.2, -0.15) is 0 Å². The SMILES string of the molecule is CCOC(=O)C1=C(C)N=c2s/c(=C\c3cc(-c4ccccc4)n(-c4ccc(C)cc4)c3-c3ccccc3)c(=O)n2[C@H]1c1ccc(OCC)c(OCC)c1. The van der Waals surface area contributed by atoms with Crippen LogP contribution in [0.15, 0.2) is 130 Å². The Morgan fingerprint density at radius 2 is 1.45 bits per heavy atom. The van der Waals surface area contributed by atoms with E-state index in [1.807, 2.05) is 74.5 Å². The van der Waals surface area contributed by atoms with Gasteiger partial charge >= 0.3 is 5.97 Å². The van der Waals surface area contributed by atoms with Gasteiger partial charge in [0, 0.05) is 11.3 Å². The number of aromatic nitrogens is 2. The van der Waals surface area contributed by atoms with Gasteiger partial charge in [0.05, 0.1) is 53.1 Å².